The Bertz CT molecular complexity index is 428. The third kappa shape index (κ3) is 4.00. The van der Waals surface area contributed by atoms with Crippen LogP contribution in [0.25, 0.3) is 0 Å². The molecule has 0 saturated heterocycles. The summed E-state index contributed by atoms with van der Waals surface area (Å²) in [6.07, 6.45) is 5.26. The van der Waals surface area contributed by atoms with Crippen molar-refractivity contribution in [3.8, 4) is 0 Å². The first-order valence-corrected chi connectivity index (χ1v) is 7.53. The molecule has 0 spiro atoms. The van der Waals surface area contributed by atoms with Crippen molar-refractivity contribution < 1.29 is 8.78 Å². The molecule has 0 aromatic heterocycles. The molecule has 0 amide bonds. The van der Waals surface area contributed by atoms with Gasteiger partial charge in [0.15, 0.2) is 0 Å². The van der Waals surface area contributed by atoms with Crippen LogP contribution in [0.15, 0.2) is 18.2 Å². The van der Waals surface area contributed by atoms with Gasteiger partial charge in [-0.1, -0.05) is 13.0 Å². The molecule has 0 unspecified atom stereocenters. The molecular formula is C16H24F2N2. The lowest BCUT2D eigenvalue weighted by atomic mass is 9.90. The highest BCUT2D eigenvalue weighted by atomic mass is 19.1. The van der Waals surface area contributed by atoms with Crippen LogP contribution in [0.5, 0.6) is 0 Å². The van der Waals surface area contributed by atoms with E-state index in [-0.39, 0.29) is 0 Å². The van der Waals surface area contributed by atoms with Gasteiger partial charge in [0, 0.05) is 30.3 Å². The summed E-state index contributed by atoms with van der Waals surface area (Å²) in [6.45, 7) is 3.62. The predicted octanol–water partition coefficient (Wildman–Crippen LogP) is 3.45. The van der Waals surface area contributed by atoms with Crippen LogP contribution < -0.4 is 5.73 Å². The van der Waals surface area contributed by atoms with Crippen molar-refractivity contribution in [3.63, 3.8) is 0 Å². The Morgan fingerprint density at radius 2 is 1.90 bits per heavy atom. The van der Waals surface area contributed by atoms with Crippen molar-refractivity contribution in [2.45, 2.75) is 57.7 Å². The first kappa shape index (κ1) is 15.4. The van der Waals surface area contributed by atoms with Crippen molar-refractivity contribution in [2.75, 3.05) is 6.54 Å². The number of benzene rings is 1. The highest BCUT2D eigenvalue weighted by molar-refractivity contribution is 5.18. The van der Waals surface area contributed by atoms with Crippen LogP contribution >= 0.6 is 0 Å². The Morgan fingerprint density at radius 3 is 2.50 bits per heavy atom. The van der Waals surface area contributed by atoms with Crippen LogP contribution in [0.3, 0.4) is 0 Å². The monoisotopic (exact) mass is 282 g/mol. The second kappa shape index (κ2) is 7.14. The Morgan fingerprint density at radius 1 is 1.20 bits per heavy atom. The molecule has 1 fully saturated rings. The van der Waals surface area contributed by atoms with Crippen LogP contribution in [0.2, 0.25) is 0 Å². The zero-order valence-corrected chi connectivity index (χ0v) is 12.1. The molecule has 1 saturated carbocycles. The molecule has 0 atom stereocenters. The Hall–Kier alpha value is -1.00. The molecule has 112 valence electrons. The number of rotatable bonds is 5. The first-order chi connectivity index (χ1) is 9.60. The molecule has 1 aromatic rings. The summed E-state index contributed by atoms with van der Waals surface area (Å²) in [5.41, 5.74) is 6.52. The molecule has 1 aromatic carbocycles. The molecular weight excluding hydrogens is 258 g/mol. The average molecular weight is 282 g/mol. The fraction of sp³-hybridized carbons (Fsp3) is 0.625. The van der Waals surface area contributed by atoms with Crippen LogP contribution in [0.1, 0.15) is 44.6 Å². The van der Waals surface area contributed by atoms with Gasteiger partial charge in [-0.15, -0.1) is 0 Å². The van der Waals surface area contributed by atoms with Gasteiger partial charge in [0.25, 0.3) is 0 Å². The van der Waals surface area contributed by atoms with E-state index < -0.39 is 11.6 Å². The van der Waals surface area contributed by atoms with Gasteiger partial charge in [0.05, 0.1) is 0 Å². The van der Waals surface area contributed by atoms with E-state index in [0.717, 1.165) is 44.7 Å². The van der Waals surface area contributed by atoms with Gasteiger partial charge in [-0.3, -0.25) is 4.90 Å². The summed E-state index contributed by atoms with van der Waals surface area (Å²) in [6, 6.07) is 4.65. The molecule has 4 heteroatoms. The molecule has 0 bridgehead atoms. The summed E-state index contributed by atoms with van der Waals surface area (Å²) in [7, 11) is 0. The van der Waals surface area contributed by atoms with Crippen LogP contribution in [-0.4, -0.2) is 23.5 Å². The van der Waals surface area contributed by atoms with Crippen LogP contribution in [0, 0.1) is 11.6 Å². The fourth-order valence-electron chi connectivity index (χ4n) is 3.01. The normalized spacial score (nSPS) is 23.2. The fourth-order valence-corrected chi connectivity index (χ4v) is 3.01. The van der Waals surface area contributed by atoms with Crippen molar-refractivity contribution in [2.24, 2.45) is 5.73 Å². The maximum atomic E-state index is 13.8. The maximum absolute atomic E-state index is 13.8. The molecule has 2 rings (SSSR count). The molecule has 0 heterocycles. The van der Waals surface area contributed by atoms with E-state index in [4.69, 9.17) is 5.73 Å². The number of halogens is 2. The number of nitrogens with two attached hydrogens (primary N) is 1. The Labute approximate surface area is 120 Å². The zero-order valence-electron chi connectivity index (χ0n) is 12.1. The Kier molecular flexibility index (Phi) is 5.49. The average Bonchev–Trinajstić information content (AvgIpc) is 2.42. The quantitative estimate of drug-likeness (QED) is 0.896. The lowest BCUT2D eigenvalue weighted by Gasteiger charge is -2.36. The van der Waals surface area contributed by atoms with Gasteiger partial charge in [-0.05, 0) is 44.7 Å². The highest BCUT2D eigenvalue weighted by Gasteiger charge is 2.24. The largest absolute Gasteiger partial charge is 0.328 e. The van der Waals surface area contributed by atoms with E-state index in [2.05, 4.69) is 11.8 Å². The smallest absolute Gasteiger partial charge is 0.130 e. The lowest BCUT2D eigenvalue weighted by molar-refractivity contribution is 0.140. The molecule has 2 N–H and O–H groups in total. The van der Waals surface area contributed by atoms with Crippen molar-refractivity contribution in [1.82, 2.24) is 4.90 Å². The Balaban J connectivity index is 2.04. The summed E-state index contributed by atoms with van der Waals surface area (Å²) in [5.74, 6) is -0.962. The van der Waals surface area contributed by atoms with Crippen molar-refractivity contribution >= 4 is 0 Å². The minimum absolute atomic E-state index is 0.317. The van der Waals surface area contributed by atoms with Gasteiger partial charge < -0.3 is 5.73 Å². The van der Waals surface area contributed by atoms with Crippen molar-refractivity contribution in [3.05, 3.63) is 35.4 Å². The summed E-state index contributed by atoms with van der Waals surface area (Å²) < 4.78 is 26.8. The topological polar surface area (TPSA) is 29.3 Å². The van der Waals surface area contributed by atoms with Crippen molar-refractivity contribution in [1.29, 1.82) is 0 Å². The second-order valence-electron chi connectivity index (χ2n) is 5.77. The van der Waals surface area contributed by atoms with E-state index in [1.54, 1.807) is 6.07 Å². The standard InChI is InChI=1S/C16H24F2N2/c1-2-9-20(15-7-5-14(19)6-8-15)11-12-3-4-13(17)10-16(12)18/h3-4,10,14-15H,2,5-9,11,19H2,1H3. The van der Waals surface area contributed by atoms with Gasteiger partial charge in [-0.25, -0.2) is 8.78 Å². The van der Waals surface area contributed by atoms with E-state index >= 15 is 0 Å². The van der Waals surface area contributed by atoms with Gasteiger partial charge in [-0.2, -0.15) is 0 Å². The first-order valence-electron chi connectivity index (χ1n) is 7.53. The SMILES string of the molecule is CCCN(Cc1ccc(F)cc1F)C1CCC(N)CC1. The highest BCUT2D eigenvalue weighted by Crippen LogP contribution is 2.24. The predicted molar refractivity (Wildman–Crippen MR) is 77.3 cm³/mol. The van der Waals surface area contributed by atoms with E-state index in [1.807, 2.05) is 0 Å². The van der Waals surface area contributed by atoms with Crippen LogP contribution in [0.4, 0.5) is 8.78 Å². The summed E-state index contributed by atoms with van der Waals surface area (Å²) in [5, 5.41) is 0. The molecule has 2 nitrogen and oxygen atoms in total. The third-order valence-corrected chi connectivity index (χ3v) is 4.16. The summed E-state index contributed by atoms with van der Waals surface area (Å²) in [4.78, 5) is 2.32. The molecule has 20 heavy (non-hydrogen) atoms. The van der Waals surface area contributed by atoms with E-state index in [0.29, 0.717) is 24.2 Å². The third-order valence-electron chi connectivity index (χ3n) is 4.16. The molecule has 0 radical (unpaired) electrons. The van der Waals surface area contributed by atoms with Gasteiger partial charge >= 0.3 is 0 Å². The lowest BCUT2D eigenvalue weighted by Crippen LogP contribution is -2.41. The van der Waals surface area contributed by atoms with E-state index in [9.17, 15) is 8.78 Å². The number of hydrogen-bond acceptors (Lipinski definition) is 2. The number of hydrogen-bond donors (Lipinski definition) is 1. The molecule has 0 aliphatic heterocycles. The number of nitrogens with zero attached hydrogens (tertiary/aromatic N) is 1. The van der Waals surface area contributed by atoms with E-state index in [1.165, 1.54) is 6.07 Å². The van der Waals surface area contributed by atoms with Gasteiger partial charge in [0.1, 0.15) is 11.6 Å². The molecule has 1 aliphatic carbocycles. The second-order valence-corrected chi connectivity index (χ2v) is 5.77. The molecule has 1 aliphatic rings. The minimum atomic E-state index is -0.517. The van der Waals surface area contributed by atoms with Gasteiger partial charge in [0.2, 0.25) is 0 Å². The minimum Gasteiger partial charge on any atom is -0.328 e. The summed E-state index contributed by atoms with van der Waals surface area (Å²) >= 11 is 0. The zero-order chi connectivity index (χ0) is 14.5. The van der Waals surface area contributed by atoms with Crippen LogP contribution in [-0.2, 0) is 6.54 Å². The maximum Gasteiger partial charge on any atom is 0.130 e.